The van der Waals surface area contributed by atoms with Crippen molar-refractivity contribution in [3.63, 3.8) is 0 Å². The second-order valence-corrected chi connectivity index (χ2v) is 2.68. The number of aromatic nitrogens is 3. The van der Waals surface area contributed by atoms with Gasteiger partial charge in [-0.3, -0.25) is 0 Å². The van der Waals surface area contributed by atoms with Gasteiger partial charge in [0, 0.05) is 11.2 Å². The van der Waals surface area contributed by atoms with Gasteiger partial charge in [0.25, 0.3) is 0 Å². The lowest BCUT2D eigenvalue weighted by Crippen LogP contribution is -2.01. The maximum absolute atomic E-state index is 10.9. The molecule has 0 aromatic carbocycles. The van der Waals surface area contributed by atoms with E-state index in [0.717, 1.165) is 0 Å². The van der Waals surface area contributed by atoms with Gasteiger partial charge in [0.2, 0.25) is 6.33 Å². The molecule has 0 aliphatic rings. The van der Waals surface area contributed by atoms with Gasteiger partial charge in [-0.25, -0.2) is 4.79 Å². The molecule has 86 valence electrons. The van der Waals surface area contributed by atoms with Gasteiger partial charge in [-0.15, -0.1) is 0 Å². The molecule has 8 nitrogen and oxygen atoms in total. The van der Waals surface area contributed by atoms with Crippen LogP contribution in [-0.2, 0) is 16.1 Å². The standard InChI is InChI=1S/C8H10N4O4/c1-2-16-7(13)4-3-5-11-6-9-8(10-11)12(14)15/h3-4,6H,2,5H2,1H3/b4-3+. The minimum atomic E-state index is -0.689. The molecule has 1 heterocycles. The first kappa shape index (κ1) is 11.8. The van der Waals surface area contributed by atoms with E-state index in [1.807, 2.05) is 0 Å². The molecule has 0 saturated carbocycles. The molecule has 0 radical (unpaired) electrons. The molecule has 0 fully saturated rings. The van der Waals surface area contributed by atoms with Gasteiger partial charge in [0.05, 0.1) is 13.2 Å². The summed E-state index contributed by atoms with van der Waals surface area (Å²) in [6.45, 7) is 2.23. The van der Waals surface area contributed by atoms with E-state index < -0.39 is 16.8 Å². The van der Waals surface area contributed by atoms with Crippen molar-refractivity contribution < 1.29 is 14.5 Å². The minimum absolute atomic E-state index is 0.222. The highest BCUT2D eigenvalue weighted by molar-refractivity contribution is 5.81. The molecule has 0 aliphatic carbocycles. The topological polar surface area (TPSA) is 100 Å². The third-order valence-electron chi connectivity index (χ3n) is 1.52. The molecule has 8 heteroatoms. The highest BCUT2D eigenvalue weighted by atomic mass is 16.6. The molecule has 0 atom stereocenters. The highest BCUT2D eigenvalue weighted by Crippen LogP contribution is 1.99. The molecule has 0 N–H and O–H groups in total. The molecule has 0 unspecified atom stereocenters. The summed E-state index contributed by atoms with van der Waals surface area (Å²) >= 11 is 0. The molecular formula is C8H10N4O4. The van der Waals surface area contributed by atoms with Crippen LogP contribution in [0.15, 0.2) is 18.5 Å². The molecular weight excluding hydrogens is 216 g/mol. The Balaban J connectivity index is 2.48. The van der Waals surface area contributed by atoms with E-state index in [1.165, 1.54) is 23.2 Å². The fourth-order valence-electron chi connectivity index (χ4n) is 0.904. The Bertz CT molecular complexity index is 412. The molecule has 0 amide bonds. The van der Waals surface area contributed by atoms with Gasteiger partial charge in [-0.1, -0.05) is 11.1 Å². The van der Waals surface area contributed by atoms with Gasteiger partial charge in [0.1, 0.15) is 0 Å². The Morgan fingerprint density at radius 2 is 2.50 bits per heavy atom. The molecule has 0 spiro atoms. The zero-order valence-electron chi connectivity index (χ0n) is 8.57. The fraction of sp³-hybridized carbons (Fsp3) is 0.375. The van der Waals surface area contributed by atoms with Gasteiger partial charge >= 0.3 is 11.9 Å². The number of nitrogens with zero attached hydrogens (tertiary/aromatic N) is 4. The van der Waals surface area contributed by atoms with E-state index in [4.69, 9.17) is 0 Å². The van der Waals surface area contributed by atoms with Crippen molar-refractivity contribution in [3.8, 4) is 0 Å². The molecule has 0 aliphatic heterocycles. The molecule has 1 rings (SSSR count). The summed E-state index contributed by atoms with van der Waals surface area (Å²) in [5.74, 6) is -0.929. The maximum Gasteiger partial charge on any atom is 0.490 e. The number of nitro groups is 1. The predicted octanol–water partition coefficient (Wildman–Crippen LogP) is 0.306. The Labute approximate surface area is 90.7 Å². The first-order valence-corrected chi connectivity index (χ1v) is 4.50. The fourth-order valence-corrected chi connectivity index (χ4v) is 0.904. The maximum atomic E-state index is 10.9. The second kappa shape index (κ2) is 5.59. The Morgan fingerprint density at radius 3 is 3.06 bits per heavy atom. The molecule has 16 heavy (non-hydrogen) atoms. The number of carbonyl (C=O) groups is 1. The van der Waals surface area contributed by atoms with Gasteiger partial charge < -0.3 is 14.9 Å². The van der Waals surface area contributed by atoms with Crippen molar-refractivity contribution in [3.05, 3.63) is 28.6 Å². The van der Waals surface area contributed by atoms with Crippen LogP contribution in [0.5, 0.6) is 0 Å². The number of rotatable bonds is 5. The number of hydrogen-bond donors (Lipinski definition) is 0. The van der Waals surface area contributed by atoms with Crippen LogP contribution in [0, 0.1) is 10.1 Å². The van der Waals surface area contributed by atoms with E-state index in [2.05, 4.69) is 14.8 Å². The summed E-state index contributed by atoms with van der Waals surface area (Å²) in [6.07, 6.45) is 3.93. The minimum Gasteiger partial charge on any atom is -0.463 e. The summed E-state index contributed by atoms with van der Waals surface area (Å²) in [7, 11) is 0. The van der Waals surface area contributed by atoms with Crippen LogP contribution in [0.4, 0.5) is 5.95 Å². The third kappa shape index (κ3) is 3.48. The summed E-state index contributed by atoms with van der Waals surface area (Å²) in [5, 5.41) is 13.8. The molecule has 1 aromatic heterocycles. The summed E-state index contributed by atoms with van der Waals surface area (Å²) in [4.78, 5) is 23.9. The van der Waals surface area contributed by atoms with Crippen molar-refractivity contribution in [1.29, 1.82) is 0 Å². The van der Waals surface area contributed by atoms with Crippen LogP contribution >= 0.6 is 0 Å². The van der Waals surface area contributed by atoms with Crippen molar-refractivity contribution in [2.75, 3.05) is 6.61 Å². The average Bonchev–Trinajstić information content (AvgIpc) is 2.67. The van der Waals surface area contributed by atoms with E-state index in [-0.39, 0.29) is 6.54 Å². The Kier molecular flexibility index (Phi) is 4.13. The number of hydrogen-bond acceptors (Lipinski definition) is 6. The lowest BCUT2D eigenvalue weighted by molar-refractivity contribution is -0.394. The second-order valence-electron chi connectivity index (χ2n) is 2.68. The number of ether oxygens (including phenoxy) is 1. The van der Waals surface area contributed by atoms with Crippen LogP contribution in [0.3, 0.4) is 0 Å². The zero-order chi connectivity index (χ0) is 12.0. The summed E-state index contributed by atoms with van der Waals surface area (Å²) in [5.41, 5.74) is 0. The zero-order valence-corrected chi connectivity index (χ0v) is 8.57. The third-order valence-corrected chi connectivity index (χ3v) is 1.52. The summed E-state index contributed by atoms with van der Waals surface area (Å²) < 4.78 is 5.89. The predicted molar refractivity (Wildman–Crippen MR) is 52.4 cm³/mol. The van der Waals surface area contributed by atoms with E-state index in [9.17, 15) is 14.9 Å². The lowest BCUT2D eigenvalue weighted by atomic mass is 10.5. The SMILES string of the molecule is CCOC(=O)/C=C/Cn1cnc([N+](=O)[O-])n1. The first-order chi connectivity index (χ1) is 7.63. The van der Waals surface area contributed by atoms with Crippen LogP contribution < -0.4 is 0 Å². The van der Waals surface area contributed by atoms with Crippen molar-refractivity contribution >= 4 is 11.9 Å². The average molecular weight is 226 g/mol. The molecule has 0 saturated heterocycles. The highest BCUT2D eigenvalue weighted by Gasteiger charge is 2.11. The van der Waals surface area contributed by atoms with E-state index in [1.54, 1.807) is 6.92 Å². The van der Waals surface area contributed by atoms with Crippen molar-refractivity contribution in [1.82, 2.24) is 14.8 Å². The smallest absolute Gasteiger partial charge is 0.463 e. The van der Waals surface area contributed by atoms with E-state index in [0.29, 0.717) is 6.61 Å². The monoisotopic (exact) mass is 226 g/mol. The van der Waals surface area contributed by atoms with Gasteiger partial charge in [-0.05, 0) is 11.8 Å². The van der Waals surface area contributed by atoms with Gasteiger partial charge in [-0.2, -0.15) is 4.68 Å². The Morgan fingerprint density at radius 1 is 1.75 bits per heavy atom. The molecule has 0 bridgehead atoms. The van der Waals surface area contributed by atoms with Crippen molar-refractivity contribution in [2.45, 2.75) is 13.5 Å². The number of allylic oxidation sites excluding steroid dienone is 1. The van der Waals surface area contributed by atoms with Crippen LogP contribution in [0.1, 0.15) is 6.92 Å². The van der Waals surface area contributed by atoms with Crippen LogP contribution in [0.25, 0.3) is 0 Å². The van der Waals surface area contributed by atoms with Crippen LogP contribution in [0.2, 0.25) is 0 Å². The van der Waals surface area contributed by atoms with E-state index >= 15 is 0 Å². The van der Waals surface area contributed by atoms with Crippen molar-refractivity contribution in [2.24, 2.45) is 0 Å². The number of carbonyl (C=O) groups excluding carboxylic acids is 1. The quantitative estimate of drug-likeness (QED) is 0.310. The summed E-state index contributed by atoms with van der Waals surface area (Å²) in [6, 6.07) is 0. The normalized spacial score (nSPS) is 10.6. The first-order valence-electron chi connectivity index (χ1n) is 4.50. The molecule has 1 aromatic rings. The Hall–Kier alpha value is -2.25. The lowest BCUT2D eigenvalue weighted by Gasteiger charge is -1.93. The number of esters is 1. The largest absolute Gasteiger partial charge is 0.490 e. The van der Waals surface area contributed by atoms with Crippen LogP contribution in [-0.4, -0.2) is 32.3 Å². The van der Waals surface area contributed by atoms with Gasteiger partial charge in [0.15, 0.2) is 0 Å².